The van der Waals surface area contributed by atoms with Crippen molar-refractivity contribution in [2.24, 2.45) is 0 Å². The highest BCUT2D eigenvalue weighted by Crippen LogP contribution is 1.92. The average molecular weight is 250 g/mol. The monoisotopic (exact) mass is 250 g/mol. The van der Waals surface area contributed by atoms with Gasteiger partial charge in [-0.05, 0) is 19.1 Å². The SMILES string of the molecule is C.CC.CCC.Cc1ccccc1.c1ccoc1. The van der Waals surface area contributed by atoms with Gasteiger partial charge in [0.05, 0.1) is 12.5 Å². The highest BCUT2D eigenvalue weighted by atomic mass is 16.3. The molecule has 0 saturated heterocycles. The predicted octanol–water partition coefficient (Wildman–Crippen LogP) is 6.35. The summed E-state index contributed by atoms with van der Waals surface area (Å²) in [6.45, 7) is 10.3. The van der Waals surface area contributed by atoms with E-state index in [-0.39, 0.29) is 7.43 Å². The van der Waals surface area contributed by atoms with Crippen molar-refractivity contribution in [3.63, 3.8) is 0 Å². The van der Waals surface area contributed by atoms with Crippen molar-refractivity contribution in [1.29, 1.82) is 0 Å². The molecule has 0 bridgehead atoms. The zero-order valence-electron chi connectivity index (χ0n) is 11.8. The lowest BCUT2D eigenvalue weighted by molar-refractivity contribution is 0.567. The second kappa shape index (κ2) is 20.9. The van der Waals surface area contributed by atoms with Crippen LogP contribution in [0.5, 0.6) is 0 Å². The third-order valence-corrected chi connectivity index (χ3v) is 1.37. The van der Waals surface area contributed by atoms with E-state index in [9.17, 15) is 0 Å². The zero-order chi connectivity index (χ0) is 13.4. The molecular formula is C17H30O. The van der Waals surface area contributed by atoms with Crippen LogP contribution < -0.4 is 0 Å². The Kier molecular flexibility index (Phi) is 25.2. The maximum atomic E-state index is 4.58. The first-order chi connectivity index (χ1) is 8.31. The molecule has 104 valence electrons. The minimum atomic E-state index is 0. The summed E-state index contributed by atoms with van der Waals surface area (Å²) in [4.78, 5) is 0. The number of hydrogen-bond acceptors (Lipinski definition) is 1. The first kappa shape index (κ1) is 21.8. The highest BCUT2D eigenvalue weighted by molar-refractivity contribution is 5.11. The quantitative estimate of drug-likeness (QED) is 0.530. The van der Waals surface area contributed by atoms with Gasteiger partial charge in [-0.1, -0.05) is 77.4 Å². The minimum absolute atomic E-state index is 0. The van der Waals surface area contributed by atoms with Gasteiger partial charge in [-0.3, -0.25) is 0 Å². The molecule has 1 heterocycles. The number of aryl methyl sites for hydroxylation is 1. The van der Waals surface area contributed by atoms with Crippen LogP contribution in [0.2, 0.25) is 0 Å². The highest BCUT2D eigenvalue weighted by Gasteiger charge is 1.72. The van der Waals surface area contributed by atoms with Crippen LogP contribution >= 0.6 is 0 Å². The lowest BCUT2D eigenvalue weighted by Crippen LogP contribution is -1.62. The predicted molar refractivity (Wildman–Crippen MR) is 83.9 cm³/mol. The van der Waals surface area contributed by atoms with Gasteiger partial charge in [-0.2, -0.15) is 0 Å². The van der Waals surface area contributed by atoms with Gasteiger partial charge < -0.3 is 4.42 Å². The normalized spacial score (nSPS) is 6.94. The Bertz CT molecular complexity index is 267. The van der Waals surface area contributed by atoms with Gasteiger partial charge in [0.25, 0.3) is 0 Å². The van der Waals surface area contributed by atoms with E-state index in [0.29, 0.717) is 0 Å². The third kappa shape index (κ3) is 20.0. The average Bonchev–Trinajstić information content (AvgIpc) is 2.92. The van der Waals surface area contributed by atoms with Crippen LogP contribution in [-0.4, -0.2) is 0 Å². The molecule has 0 spiro atoms. The van der Waals surface area contributed by atoms with Crippen LogP contribution in [0.3, 0.4) is 0 Å². The second-order valence-electron chi connectivity index (χ2n) is 3.15. The van der Waals surface area contributed by atoms with Crippen molar-refractivity contribution in [2.75, 3.05) is 0 Å². The molecular weight excluding hydrogens is 220 g/mol. The van der Waals surface area contributed by atoms with Gasteiger partial charge in [-0.15, -0.1) is 0 Å². The van der Waals surface area contributed by atoms with E-state index in [2.05, 4.69) is 37.3 Å². The number of benzene rings is 1. The Morgan fingerprint density at radius 3 is 1.39 bits per heavy atom. The summed E-state index contributed by atoms with van der Waals surface area (Å²) >= 11 is 0. The molecule has 0 unspecified atom stereocenters. The van der Waals surface area contributed by atoms with E-state index in [4.69, 9.17) is 0 Å². The van der Waals surface area contributed by atoms with Crippen molar-refractivity contribution < 1.29 is 4.42 Å². The van der Waals surface area contributed by atoms with Gasteiger partial charge in [0.1, 0.15) is 0 Å². The lowest BCUT2D eigenvalue weighted by Gasteiger charge is -1.82. The summed E-state index contributed by atoms with van der Waals surface area (Å²) in [6.07, 6.45) is 4.50. The molecule has 0 radical (unpaired) electrons. The van der Waals surface area contributed by atoms with E-state index in [0.717, 1.165) is 0 Å². The summed E-state index contributed by atoms with van der Waals surface area (Å²) in [5, 5.41) is 0. The van der Waals surface area contributed by atoms with Gasteiger partial charge >= 0.3 is 0 Å². The van der Waals surface area contributed by atoms with Crippen LogP contribution in [0.4, 0.5) is 0 Å². The summed E-state index contributed by atoms with van der Waals surface area (Å²) < 4.78 is 4.58. The Balaban J connectivity index is -0.000000183. The largest absolute Gasteiger partial charge is 0.473 e. The van der Waals surface area contributed by atoms with Crippen molar-refractivity contribution >= 4 is 0 Å². The topological polar surface area (TPSA) is 13.1 Å². The Morgan fingerprint density at radius 2 is 1.22 bits per heavy atom. The summed E-state index contributed by atoms with van der Waals surface area (Å²) in [7, 11) is 0. The molecule has 0 atom stereocenters. The van der Waals surface area contributed by atoms with Crippen molar-refractivity contribution in [1.82, 2.24) is 0 Å². The second-order valence-corrected chi connectivity index (χ2v) is 3.15. The molecule has 1 heteroatoms. The van der Waals surface area contributed by atoms with Gasteiger partial charge in [-0.25, -0.2) is 0 Å². The van der Waals surface area contributed by atoms with Crippen LogP contribution in [0.15, 0.2) is 59.4 Å². The first-order valence-corrected chi connectivity index (χ1v) is 6.30. The Morgan fingerprint density at radius 1 is 0.833 bits per heavy atom. The molecule has 2 rings (SSSR count). The molecule has 2 aromatic rings. The molecule has 0 amide bonds. The third-order valence-electron chi connectivity index (χ3n) is 1.37. The molecule has 0 aliphatic rings. The maximum Gasteiger partial charge on any atom is 0.0902 e. The molecule has 18 heavy (non-hydrogen) atoms. The molecule has 0 saturated carbocycles. The van der Waals surface area contributed by atoms with E-state index in [1.807, 2.05) is 44.2 Å². The first-order valence-electron chi connectivity index (χ1n) is 6.30. The Hall–Kier alpha value is -1.50. The molecule has 0 aliphatic heterocycles. The number of hydrogen-bond donors (Lipinski definition) is 0. The van der Waals surface area contributed by atoms with Crippen LogP contribution in [0.25, 0.3) is 0 Å². The fourth-order valence-corrected chi connectivity index (χ4v) is 0.761. The summed E-state index contributed by atoms with van der Waals surface area (Å²) in [5.41, 5.74) is 1.32. The van der Waals surface area contributed by atoms with E-state index >= 15 is 0 Å². The molecule has 1 aromatic heterocycles. The van der Waals surface area contributed by atoms with Gasteiger partial charge in [0.2, 0.25) is 0 Å². The van der Waals surface area contributed by atoms with Crippen LogP contribution in [0.1, 0.15) is 47.1 Å². The molecule has 0 aliphatic carbocycles. The smallest absolute Gasteiger partial charge is 0.0902 e. The van der Waals surface area contributed by atoms with E-state index < -0.39 is 0 Å². The van der Waals surface area contributed by atoms with E-state index in [1.165, 1.54) is 12.0 Å². The minimum Gasteiger partial charge on any atom is -0.473 e. The van der Waals surface area contributed by atoms with Crippen molar-refractivity contribution in [3.05, 3.63) is 60.6 Å². The molecule has 1 aromatic carbocycles. The summed E-state index contributed by atoms with van der Waals surface area (Å²) in [5.74, 6) is 0. The van der Waals surface area contributed by atoms with Crippen molar-refractivity contribution in [3.8, 4) is 0 Å². The fraction of sp³-hybridized carbons (Fsp3) is 0.412. The lowest BCUT2D eigenvalue weighted by atomic mass is 10.2. The molecule has 1 nitrogen and oxygen atoms in total. The van der Waals surface area contributed by atoms with Crippen LogP contribution in [0, 0.1) is 6.92 Å². The standard InChI is InChI=1S/C7H8.C4H4O.C3H8.C2H6.CH4/c1-7-5-3-2-4-6-7;1-2-4-5-3-1;1-3-2;1-2;/h2-6H,1H3;1-4H;3H2,1-2H3;1-2H3;1H4. The van der Waals surface area contributed by atoms with Gasteiger partial charge in [0, 0.05) is 0 Å². The van der Waals surface area contributed by atoms with Crippen molar-refractivity contribution in [2.45, 2.75) is 48.5 Å². The van der Waals surface area contributed by atoms with Crippen LogP contribution in [-0.2, 0) is 0 Å². The number of rotatable bonds is 0. The summed E-state index contributed by atoms with van der Waals surface area (Å²) in [6, 6.07) is 13.9. The van der Waals surface area contributed by atoms with E-state index in [1.54, 1.807) is 12.5 Å². The molecule has 0 N–H and O–H groups in total. The fourth-order valence-electron chi connectivity index (χ4n) is 0.761. The van der Waals surface area contributed by atoms with Gasteiger partial charge in [0.15, 0.2) is 0 Å². The Labute approximate surface area is 114 Å². The maximum absolute atomic E-state index is 4.58. The molecule has 0 fully saturated rings. The zero-order valence-corrected chi connectivity index (χ0v) is 11.8. The number of furan rings is 1.